The number of carboxylic acid groups (broad SMARTS) is 1. The molecular weight excluding hydrogens is 286 g/mol. The van der Waals surface area contributed by atoms with Crippen LogP contribution in [-0.4, -0.2) is 28.1 Å². The number of aromatic carboxylic acids is 1. The molecule has 112 valence electrons. The first-order valence-electron chi connectivity index (χ1n) is 6.64. The van der Waals surface area contributed by atoms with Crippen molar-refractivity contribution in [3.05, 3.63) is 40.7 Å². The third-order valence-electron chi connectivity index (χ3n) is 2.97. The van der Waals surface area contributed by atoms with E-state index in [2.05, 4.69) is 9.97 Å². The van der Waals surface area contributed by atoms with Crippen LogP contribution in [0, 0.1) is 0 Å². The summed E-state index contributed by atoms with van der Waals surface area (Å²) in [7, 11) is 1.89. The number of hydrogen-bond acceptors (Lipinski definition) is 5. The molecule has 0 unspecified atom stereocenters. The highest BCUT2D eigenvalue weighted by Gasteiger charge is 2.27. The molecule has 0 saturated heterocycles. The maximum atomic E-state index is 11.4. The van der Waals surface area contributed by atoms with Crippen LogP contribution in [0.1, 0.15) is 41.8 Å². The first-order chi connectivity index (χ1) is 9.79. The lowest BCUT2D eigenvalue weighted by Crippen LogP contribution is -2.19. The van der Waals surface area contributed by atoms with E-state index in [9.17, 15) is 9.90 Å². The second-order valence-corrected chi connectivity index (χ2v) is 6.88. The minimum Gasteiger partial charge on any atom is -0.477 e. The summed E-state index contributed by atoms with van der Waals surface area (Å²) in [6.45, 7) is 6.50. The summed E-state index contributed by atoms with van der Waals surface area (Å²) in [6.07, 6.45) is 1.74. The number of aromatic nitrogens is 2. The van der Waals surface area contributed by atoms with Crippen LogP contribution in [0.25, 0.3) is 0 Å². The quantitative estimate of drug-likeness (QED) is 0.939. The largest absolute Gasteiger partial charge is 0.477 e. The van der Waals surface area contributed by atoms with Gasteiger partial charge in [-0.1, -0.05) is 38.2 Å². The highest BCUT2D eigenvalue weighted by molar-refractivity contribution is 7.17. The molecule has 2 rings (SSSR count). The van der Waals surface area contributed by atoms with Crippen LogP contribution in [0.5, 0.6) is 0 Å². The van der Waals surface area contributed by atoms with Crippen molar-refractivity contribution in [3.8, 4) is 0 Å². The van der Waals surface area contributed by atoms with Crippen molar-refractivity contribution in [2.45, 2.75) is 32.7 Å². The van der Waals surface area contributed by atoms with Gasteiger partial charge < -0.3 is 10.0 Å². The van der Waals surface area contributed by atoms with Gasteiger partial charge in [-0.05, 0) is 12.1 Å². The van der Waals surface area contributed by atoms with Gasteiger partial charge >= 0.3 is 5.97 Å². The number of carboxylic acids is 1. The van der Waals surface area contributed by atoms with Crippen molar-refractivity contribution >= 4 is 22.4 Å². The molecule has 1 N–H and O–H groups in total. The van der Waals surface area contributed by atoms with Crippen molar-refractivity contribution < 1.29 is 9.90 Å². The standard InChI is InChI=1S/C15H19N3O2S/c1-15(2,3)12-11(13(19)20)21-14(17-12)18(4)9-10-7-5-6-8-16-10/h5-8H,9H2,1-4H3,(H,19,20). The summed E-state index contributed by atoms with van der Waals surface area (Å²) in [4.78, 5) is 22.4. The first-order valence-corrected chi connectivity index (χ1v) is 7.46. The van der Waals surface area contributed by atoms with Gasteiger partial charge in [0.25, 0.3) is 0 Å². The molecule has 0 atom stereocenters. The number of carbonyl (C=O) groups is 1. The number of rotatable bonds is 4. The van der Waals surface area contributed by atoms with Gasteiger partial charge in [0.1, 0.15) is 4.88 Å². The van der Waals surface area contributed by atoms with Crippen molar-refractivity contribution in [2.24, 2.45) is 0 Å². The van der Waals surface area contributed by atoms with E-state index < -0.39 is 5.97 Å². The van der Waals surface area contributed by atoms with Crippen molar-refractivity contribution in [2.75, 3.05) is 11.9 Å². The summed E-state index contributed by atoms with van der Waals surface area (Å²) in [5, 5.41) is 10.1. The van der Waals surface area contributed by atoms with E-state index in [1.54, 1.807) is 6.20 Å². The van der Waals surface area contributed by atoms with Gasteiger partial charge in [0.15, 0.2) is 5.13 Å². The molecule has 21 heavy (non-hydrogen) atoms. The van der Waals surface area contributed by atoms with E-state index in [4.69, 9.17) is 0 Å². The Labute approximate surface area is 128 Å². The molecule has 0 aromatic carbocycles. The van der Waals surface area contributed by atoms with Crippen LogP contribution in [0.3, 0.4) is 0 Å². The monoisotopic (exact) mass is 305 g/mol. The SMILES string of the molecule is CN(Cc1ccccn1)c1nc(C(C)(C)C)c(C(=O)O)s1. The Bertz CT molecular complexity index is 632. The number of anilines is 1. The zero-order chi connectivity index (χ0) is 15.6. The molecule has 0 fully saturated rings. The lowest BCUT2D eigenvalue weighted by molar-refractivity contribution is 0.0699. The van der Waals surface area contributed by atoms with E-state index in [0.717, 1.165) is 5.69 Å². The third kappa shape index (κ3) is 3.58. The molecule has 0 aliphatic carbocycles. The molecule has 0 spiro atoms. The summed E-state index contributed by atoms with van der Waals surface area (Å²) in [5.41, 5.74) is 1.25. The van der Waals surface area contributed by atoms with Crippen molar-refractivity contribution in [3.63, 3.8) is 0 Å². The average molecular weight is 305 g/mol. The predicted molar refractivity (Wildman–Crippen MR) is 84.1 cm³/mol. The summed E-state index contributed by atoms with van der Waals surface area (Å²) in [6, 6.07) is 5.74. The van der Waals surface area contributed by atoms with E-state index >= 15 is 0 Å². The van der Waals surface area contributed by atoms with Gasteiger partial charge in [0.2, 0.25) is 0 Å². The predicted octanol–water partition coefficient (Wildman–Crippen LogP) is 3.17. The van der Waals surface area contributed by atoms with Crippen molar-refractivity contribution in [1.82, 2.24) is 9.97 Å². The first kappa shape index (κ1) is 15.4. The zero-order valence-corrected chi connectivity index (χ0v) is 13.4. The van der Waals surface area contributed by atoms with Crippen LogP contribution in [0.2, 0.25) is 0 Å². The van der Waals surface area contributed by atoms with E-state index in [1.165, 1.54) is 11.3 Å². The van der Waals surface area contributed by atoms with Crippen LogP contribution < -0.4 is 4.90 Å². The fourth-order valence-corrected chi connectivity index (χ4v) is 3.00. The molecule has 5 nitrogen and oxygen atoms in total. The molecule has 0 radical (unpaired) electrons. The van der Waals surface area contributed by atoms with Crippen LogP contribution in [0.15, 0.2) is 24.4 Å². The second-order valence-electron chi connectivity index (χ2n) is 5.91. The van der Waals surface area contributed by atoms with Crippen LogP contribution in [0.4, 0.5) is 5.13 Å². The molecule has 0 aliphatic heterocycles. The number of thiazole rings is 1. The maximum absolute atomic E-state index is 11.4. The highest BCUT2D eigenvalue weighted by Crippen LogP contribution is 2.33. The fourth-order valence-electron chi connectivity index (χ4n) is 1.93. The smallest absolute Gasteiger partial charge is 0.347 e. The Hall–Kier alpha value is -1.95. The Kier molecular flexibility index (Phi) is 4.27. The average Bonchev–Trinajstić information content (AvgIpc) is 2.85. The summed E-state index contributed by atoms with van der Waals surface area (Å²) >= 11 is 1.21. The summed E-state index contributed by atoms with van der Waals surface area (Å²) in [5.74, 6) is -0.921. The van der Waals surface area contributed by atoms with E-state index in [0.29, 0.717) is 22.2 Å². The molecule has 2 heterocycles. The molecule has 0 bridgehead atoms. The minimum atomic E-state index is -0.921. The fraction of sp³-hybridized carbons (Fsp3) is 0.400. The van der Waals surface area contributed by atoms with Gasteiger partial charge in [0.05, 0.1) is 17.9 Å². The second kappa shape index (κ2) is 5.81. The topological polar surface area (TPSA) is 66.3 Å². The Balaban J connectivity index is 2.30. The zero-order valence-electron chi connectivity index (χ0n) is 12.6. The van der Waals surface area contributed by atoms with Gasteiger partial charge in [-0.25, -0.2) is 9.78 Å². The normalized spacial score (nSPS) is 11.4. The van der Waals surface area contributed by atoms with Gasteiger partial charge in [-0.2, -0.15) is 0 Å². The lowest BCUT2D eigenvalue weighted by Gasteiger charge is -2.17. The third-order valence-corrected chi connectivity index (χ3v) is 4.13. The highest BCUT2D eigenvalue weighted by atomic mass is 32.1. The Morgan fingerprint density at radius 3 is 2.57 bits per heavy atom. The number of hydrogen-bond donors (Lipinski definition) is 1. The molecule has 0 amide bonds. The lowest BCUT2D eigenvalue weighted by atomic mass is 9.91. The molecule has 0 saturated carbocycles. The van der Waals surface area contributed by atoms with E-state index in [-0.39, 0.29) is 5.41 Å². The van der Waals surface area contributed by atoms with Crippen molar-refractivity contribution in [1.29, 1.82) is 0 Å². The number of nitrogens with zero attached hydrogens (tertiary/aromatic N) is 3. The molecular formula is C15H19N3O2S. The summed E-state index contributed by atoms with van der Waals surface area (Å²) < 4.78 is 0. The number of pyridine rings is 1. The maximum Gasteiger partial charge on any atom is 0.347 e. The van der Waals surface area contributed by atoms with Crippen LogP contribution in [-0.2, 0) is 12.0 Å². The van der Waals surface area contributed by atoms with Gasteiger partial charge in [-0.3, -0.25) is 4.98 Å². The van der Waals surface area contributed by atoms with Gasteiger partial charge in [0, 0.05) is 18.7 Å². The molecule has 6 heteroatoms. The molecule has 2 aromatic rings. The Morgan fingerprint density at radius 2 is 2.10 bits per heavy atom. The minimum absolute atomic E-state index is 0.297. The van der Waals surface area contributed by atoms with E-state index in [1.807, 2.05) is 50.9 Å². The molecule has 0 aliphatic rings. The molecule has 2 aromatic heterocycles. The van der Waals surface area contributed by atoms with Crippen LogP contribution >= 0.6 is 11.3 Å². The van der Waals surface area contributed by atoms with Gasteiger partial charge in [-0.15, -0.1) is 0 Å². The Morgan fingerprint density at radius 1 is 1.38 bits per heavy atom.